The summed E-state index contributed by atoms with van der Waals surface area (Å²) in [6, 6.07) is 16.4. The molecule has 1 atom stereocenters. The maximum absolute atomic E-state index is 12.2. The number of aliphatic hydroxyl groups excluding tert-OH is 1. The number of β-amino-alcohol motifs (C(OH)–C–C–N with tert-alkyl or cyclic N) is 1. The molecule has 31 heavy (non-hydrogen) atoms. The molecule has 1 amide bonds. The highest BCUT2D eigenvalue weighted by molar-refractivity contribution is 5.97. The number of hydrogen-bond acceptors (Lipinski definition) is 4. The van der Waals surface area contributed by atoms with Gasteiger partial charge in [-0.2, -0.15) is 0 Å². The summed E-state index contributed by atoms with van der Waals surface area (Å²) >= 11 is 0. The highest BCUT2D eigenvalue weighted by atomic mass is 16.5. The van der Waals surface area contributed by atoms with Crippen molar-refractivity contribution in [1.29, 1.82) is 0 Å². The number of rotatable bonds is 7. The molecule has 162 valence electrons. The van der Waals surface area contributed by atoms with Crippen LogP contribution in [0.15, 0.2) is 48.5 Å². The standard InChI is InChI=1S/C26H30N2O3/c1-2-15-28-24-9-6-10-25(23(24)11-12-26(28)30)31-19-22(29)18-27-16-13-21(14-17-27)20-7-4-3-5-8-20/h1,3-10,21-22,29H,11-19H2. The number of piperidine rings is 1. The minimum atomic E-state index is -0.559. The van der Waals surface area contributed by atoms with Gasteiger partial charge in [0, 0.05) is 18.5 Å². The van der Waals surface area contributed by atoms with Crippen molar-refractivity contribution in [3.63, 3.8) is 0 Å². The van der Waals surface area contributed by atoms with Crippen molar-refractivity contribution in [3.8, 4) is 18.1 Å². The van der Waals surface area contributed by atoms with Crippen LogP contribution in [-0.4, -0.2) is 54.8 Å². The van der Waals surface area contributed by atoms with Crippen LogP contribution in [0.3, 0.4) is 0 Å². The summed E-state index contributed by atoms with van der Waals surface area (Å²) in [6.45, 7) is 3.08. The molecule has 1 unspecified atom stereocenters. The Morgan fingerprint density at radius 1 is 1.10 bits per heavy atom. The Kier molecular flexibility index (Phi) is 6.91. The van der Waals surface area contributed by atoms with Crippen LogP contribution in [0.5, 0.6) is 5.75 Å². The maximum Gasteiger partial charge on any atom is 0.228 e. The second kappa shape index (κ2) is 10.00. The van der Waals surface area contributed by atoms with Gasteiger partial charge in [-0.1, -0.05) is 42.3 Å². The topological polar surface area (TPSA) is 53.0 Å². The maximum atomic E-state index is 12.2. The third kappa shape index (κ3) is 5.10. The van der Waals surface area contributed by atoms with Crippen LogP contribution >= 0.6 is 0 Å². The number of carbonyl (C=O) groups is 1. The highest BCUT2D eigenvalue weighted by Crippen LogP contribution is 2.34. The van der Waals surface area contributed by atoms with Crippen molar-refractivity contribution in [2.45, 2.75) is 37.7 Å². The Labute approximate surface area is 184 Å². The second-order valence-corrected chi connectivity index (χ2v) is 8.39. The van der Waals surface area contributed by atoms with Gasteiger partial charge in [-0.25, -0.2) is 0 Å². The van der Waals surface area contributed by atoms with Crippen molar-refractivity contribution in [3.05, 3.63) is 59.7 Å². The van der Waals surface area contributed by atoms with Gasteiger partial charge in [0.2, 0.25) is 5.91 Å². The molecule has 0 bridgehead atoms. The van der Waals surface area contributed by atoms with Gasteiger partial charge in [-0.05, 0) is 56.0 Å². The minimum Gasteiger partial charge on any atom is -0.490 e. The predicted octanol–water partition coefficient (Wildman–Crippen LogP) is 3.22. The zero-order valence-corrected chi connectivity index (χ0v) is 17.9. The summed E-state index contributed by atoms with van der Waals surface area (Å²) in [5.74, 6) is 3.94. The van der Waals surface area contributed by atoms with Crippen LogP contribution in [0.25, 0.3) is 0 Å². The molecule has 0 aliphatic carbocycles. The fourth-order valence-electron chi connectivity index (χ4n) is 4.67. The summed E-state index contributed by atoms with van der Waals surface area (Å²) in [6.07, 6.45) is 8.16. The van der Waals surface area contributed by atoms with Crippen LogP contribution in [-0.2, 0) is 11.2 Å². The average molecular weight is 419 g/mol. The van der Waals surface area contributed by atoms with E-state index in [1.165, 1.54) is 5.56 Å². The number of terminal acetylenes is 1. The molecule has 2 aromatic rings. The lowest BCUT2D eigenvalue weighted by atomic mass is 9.89. The van der Waals surface area contributed by atoms with E-state index in [4.69, 9.17) is 11.2 Å². The molecule has 2 aliphatic rings. The van der Waals surface area contributed by atoms with Gasteiger partial charge < -0.3 is 19.6 Å². The van der Waals surface area contributed by atoms with Crippen LogP contribution in [0, 0.1) is 12.3 Å². The number of nitrogens with zero attached hydrogens (tertiary/aromatic N) is 2. The van der Waals surface area contributed by atoms with E-state index in [-0.39, 0.29) is 19.1 Å². The number of aliphatic hydroxyl groups is 1. The lowest BCUT2D eigenvalue weighted by Crippen LogP contribution is -2.40. The minimum absolute atomic E-state index is 0.0431. The van der Waals surface area contributed by atoms with Crippen molar-refractivity contribution in [2.75, 3.05) is 37.7 Å². The Morgan fingerprint density at radius 2 is 1.87 bits per heavy atom. The first-order valence-electron chi connectivity index (χ1n) is 11.1. The zero-order valence-electron chi connectivity index (χ0n) is 17.9. The number of hydrogen-bond donors (Lipinski definition) is 1. The molecule has 0 saturated carbocycles. The van der Waals surface area contributed by atoms with Crippen molar-refractivity contribution in [1.82, 2.24) is 4.90 Å². The van der Waals surface area contributed by atoms with Gasteiger partial charge in [0.15, 0.2) is 0 Å². The number of ether oxygens (including phenoxy) is 1. The van der Waals surface area contributed by atoms with Crippen molar-refractivity contribution < 1.29 is 14.6 Å². The molecule has 1 fully saturated rings. The normalized spacial score (nSPS) is 18.3. The molecule has 2 heterocycles. The molecule has 2 aromatic carbocycles. The molecule has 5 heteroatoms. The Bertz CT molecular complexity index is 929. The fourth-order valence-corrected chi connectivity index (χ4v) is 4.67. The monoisotopic (exact) mass is 418 g/mol. The van der Waals surface area contributed by atoms with E-state index in [0.717, 1.165) is 42.9 Å². The van der Waals surface area contributed by atoms with Crippen molar-refractivity contribution >= 4 is 11.6 Å². The van der Waals surface area contributed by atoms with Gasteiger partial charge >= 0.3 is 0 Å². The van der Waals surface area contributed by atoms with Crippen LogP contribution in [0.4, 0.5) is 5.69 Å². The largest absolute Gasteiger partial charge is 0.490 e. The number of amides is 1. The molecule has 5 nitrogen and oxygen atoms in total. The summed E-state index contributed by atoms with van der Waals surface area (Å²) in [5.41, 5.74) is 3.23. The molecule has 4 rings (SSSR count). The Balaban J connectivity index is 1.30. The van der Waals surface area contributed by atoms with E-state index < -0.39 is 6.10 Å². The summed E-state index contributed by atoms with van der Waals surface area (Å²) in [5, 5.41) is 10.6. The summed E-state index contributed by atoms with van der Waals surface area (Å²) < 4.78 is 5.99. The lowest BCUT2D eigenvalue weighted by Gasteiger charge is -2.33. The quantitative estimate of drug-likeness (QED) is 0.702. The van der Waals surface area contributed by atoms with Crippen LogP contribution < -0.4 is 9.64 Å². The van der Waals surface area contributed by atoms with E-state index in [2.05, 4.69) is 41.2 Å². The molecule has 1 saturated heterocycles. The molecule has 1 N–H and O–H groups in total. The van der Waals surface area contributed by atoms with E-state index >= 15 is 0 Å². The molecule has 0 aromatic heterocycles. The van der Waals surface area contributed by atoms with Gasteiger partial charge in [0.25, 0.3) is 0 Å². The van der Waals surface area contributed by atoms with Gasteiger partial charge in [0.05, 0.1) is 12.2 Å². The second-order valence-electron chi connectivity index (χ2n) is 8.39. The summed E-state index contributed by atoms with van der Waals surface area (Å²) in [4.78, 5) is 16.2. The molecule has 2 aliphatic heterocycles. The fraction of sp³-hybridized carbons (Fsp3) is 0.423. The lowest BCUT2D eigenvalue weighted by molar-refractivity contribution is -0.118. The van der Waals surface area contributed by atoms with Gasteiger partial charge in [0.1, 0.15) is 18.5 Å². The first kappa shape index (κ1) is 21.4. The van der Waals surface area contributed by atoms with E-state index in [9.17, 15) is 9.90 Å². The molecular formula is C26H30N2O3. The predicted molar refractivity (Wildman–Crippen MR) is 122 cm³/mol. The number of fused-ring (bicyclic) bond motifs is 1. The molecule has 0 radical (unpaired) electrons. The third-order valence-corrected chi connectivity index (χ3v) is 6.30. The summed E-state index contributed by atoms with van der Waals surface area (Å²) in [7, 11) is 0. The van der Waals surface area contributed by atoms with E-state index in [1.807, 2.05) is 18.2 Å². The highest BCUT2D eigenvalue weighted by Gasteiger charge is 2.26. The number of likely N-dealkylation sites (tertiary alicyclic amines) is 1. The third-order valence-electron chi connectivity index (χ3n) is 6.30. The van der Waals surface area contributed by atoms with Crippen LogP contribution in [0.2, 0.25) is 0 Å². The number of anilines is 1. The van der Waals surface area contributed by atoms with Crippen LogP contribution in [0.1, 0.15) is 36.3 Å². The smallest absolute Gasteiger partial charge is 0.228 e. The van der Waals surface area contributed by atoms with Crippen molar-refractivity contribution in [2.24, 2.45) is 0 Å². The first-order valence-corrected chi connectivity index (χ1v) is 11.1. The van der Waals surface area contributed by atoms with E-state index in [0.29, 0.717) is 25.3 Å². The average Bonchev–Trinajstić information content (AvgIpc) is 2.80. The van der Waals surface area contributed by atoms with Gasteiger partial charge in [-0.15, -0.1) is 6.42 Å². The zero-order chi connectivity index (χ0) is 21.6. The van der Waals surface area contributed by atoms with E-state index in [1.54, 1.807) is 4.90 Å². The van der Waals surface area contributed by atoms with Gasteiger partial charge in [-0.3, -0.25) is 4.79 Å². The molecular weight excluding hydrogens is 388 g/mol. The molecule has 0 spiro atoms. The first-order chi connectivity index (χ1) is 15.2. The SMILES string of the molecule is C#CCN1C(=O)CCc2c(OCC(O)CN3CCC(c4ccccc4)CC3)cccc21. The number of benzene rings is 2. The Hall–Kier alpha value is -2.81. The Morgan fingerprint density at radius 3 is 2.61 bits per heavy atom. The number of carbonyl (C=O) groups excluding carboxylic acids is 1.